The van der Waals surface area contributed by atoms with Crippen LogP contribution in [0.15, 0.2) is 59.5 Å². The summed E-state index contributed by atoms with van der Waals surface area (Å²) in [5.74, 6) is -0.0181. The summed E-state index contributed by atoms with van der Waals surface area (Å²) in [6.07, 6.45) is 2.38. The molecule has 0 fully saturated rings. The average Bonchev–Trinajstić information content (AvgIpc) is 2.65. The lowest BCUT2D eigenvalue weighted by Crippen LogP contribution is -2.44. The number of nitrogens with one attached hydrogen (secondary N) is 2. The fourth-order valence-electron chi connectivity index (χ4n) is 2.29. The van der Waals surface area contributed by atoms with Crippen LogP contribution < -0.4 is 15.8 Å². The lowest BCUT2D eigenvalue weighted by atomic mass is 10.1. The highest BCUT2D eigenvalue weighted by atomic mass is 32.2. The van der Waals surface area contributed by atoms with Gasteiger partial charge in [-0.2, -0.15) is 11.8 Å². The molecule has 1 atom stereocenters. The van der Waals surface area contributed by atoms with Crippen LogP contribution in [0.5, 0.6) is 0 Å². The van der Waals surface area contributed by atoms with Crippen LogP contribution in [-0.4, -0.2) is 38.3 Å². The molecule has 2 amide bonds. The number of amides is 2. The fourth-order valence-corrected chi connectivity index (χ4v) is 3.28. The number of hydrogen-bond donors (Lipinski definition) is 3. The minimum atomic E-state index is -3.80. The Morgan fingerprint density at radius 2 is 1.70 bits per heavy atom. The maximum absolute atomic E-state index is 12.6. The van der Waals surface area contributed by atoms with Crippen LogP contribution in [0.4, 0.5) is 5.69 Å². The number of hydrogen-bond acceptors (Lipinski definition) is 5. The van der Waals surface area contributed by atoms with Crippen LogP contribution >= 0.6 is 11.8 Å². The Labute approximate surface area is 162 Å². The van der Waals surface area contributed by atoms with E-state index in [9.17, 15) is 18.0 Å². The first-order valence-electron chi connectivity index (χ1n) is 8.10. The maximum atomic E-state index is 12.6. The molecule has 0 saturated carbocycles. The molecule has 2 aromatic carbocycles. The van der Waals surface area contributed by atoms with Crippen LogP contribution in [0.1, 0.15) is 16.8 Å². The van der Waals surface area contributed by atoms with Crippen molar-refractivity contribution in [2.24, 2.45) is 5.14 Å². The van der Waals surface area contributed by atoms with E-state index < -0.39 is 16.1 Å². The van der Waals surface area contributed by atoms with E-state index in [0.29, 0.717) is 23.4 Å². The Morgan fingerprint density at radius 1 is 1.07 bits per heavy atom. The van der Waals surface area contributed by atoms with Crippen molar-refractivity contribution < 1.29 is 18.0 Å². The van der Waals surface area contributed by atoms with E-state index in [0.717, 1.165) is 0 Å². The number of carbonyl (C=O) groups is 2. The van der Waals surface area contributed by atoms with Crippen LogP contribution in [0.25, 0.3) is 0 Å². The van der Waals surface area contributed by atoms with Gasteiger partial charge in [0, 0.05) is 11.3 Å². The molecule has 0 aromatic heterocycles. The largest absolute Gasteiger partial charge is 0.340 e. The van der Waals surface area contributed by atoms with Crippen molar-refractivity contribution in [3.05, 3.63) is 60.2 Å². The molecule has 0 bridgehead atoms. The summed E-state index contributed by atoms with van der Waals surface area (Å²) >= 11 is 1.57. The van der Waals surface area contributed by atoms with E-state index in [1.54, 1.807) is 42.1 Å². The number of carbonyl (C=O) groups excluding carboxylic acids is 2. The van der Waals surface area contributed by atoms with Gasteiger partial charge < -0.3 is 10.6 Å². The van der Waals surface area contributed by atoms with Crippen LogP contribution in [0.2, 0.25) is 0 Å². The van der Waals surface area contributed by atoms with Crippen LogP contribution in [0.3, 0.4) is 0 Å². The van der Waals surface area contributed by atoms with E-state index in [-0.39, 0.29) is 16.7 Å². The molecule has 9 heteroatoms. The van der Waals surface area contributed by atoms with Crippen molar-refractivity contribution in [2.75, 3.05) is 17.3 Å². The smallest absolute Gasteiger partial charge is 0.251 e. The Balaban J connectivity index is 2.08. The SMILES string of the molecule is CSCC[C@H](NC(=O)c1ccccc1)C(=O)Nc1ccc(S(N)(=O)=O)cc1. The van der Waals surface area contributed by atoms with Crippen molar-refractivity contribution in [2.45, 2.75) is 17.4 Å². The van der Waals surface area contributed by atoms with E-state index >= 15 is 0 Å². The van der Waals surface area contributed by atoms with Gasteiger partial charge in [-0.3, -0.25) is 9.59 Å². The Morgan fingerprint density at radius 3 is 2.26 bits per heavy atom. The van der Waals surface area contributed by atoms with Gasteiger partial charge in [-0.05, 0) is 54.8 Å². The number of primary sulfonamides is 1. The van der Waals surface area contributed by atoms with Gasteiger partial charge in [0.05, 0.1) is 4.90 Å². The summed E-state index contributed by atoms with van der Waals surface area (Å²) in [5, 5.41) is 10.5. The van der Waals surface area contributed by atoms with Gasteiger partial charge in [0.25, 0.3) is 5.91 Å². The number of anilines is 1. The summed E-state index contributed by atoms with van der Waals surface area (Å²) in [4.78, 5) is 24.9. The first kappa shape index (κ1) is 20.9. The van der Waals surface area contributed by atoms with E-state index in [4.69, 9.17) is 5.14 Å². The summed E-state index contributed by atoms with van der Waals surface area (Å²) in [5.41, 5.74) is 0.882. The molecular formula is C18H21N3O4S2. The molecule has 144 valence electrons. The zero-order valence-electron chi connectivity index (χ0n) is 14.7. The van der Waals surface area contributed by atoms with Crippen molar-refractivity contribution in [1.82, 2.24) is 5.32 Å². The van der Waals surface area contributed by atoms with Gasteiger partial charge in [0.2, 0.25) is 15.9 Å². The second-order valence-electron chi connectivity index (χ2n) is 5.73. The van der Waals surface area contributed by atoms with Crippen molar-refractivity contribution in [3.8, 4) is 0 Å². The fraction of sp³-hybridized carbons (Fsp3) is 0.222. The normalized spacial score (nSPS) is 12.2. The predicted molar refractivity (Wildman–Crippen MR) is 107 cm³/mol. The standard InChI is InChI=1S/C18H21N3O4S2/c1-26-12-11-16(21-17(22)13-5-3-2-4-6-13)18(23)20-14-7-9-15(10-8-14)27(19,24)25/h2-10,16H,11-12H2,1H3,(H,20,23)(H,21,22)(H2,19,24,25)/t16-/m0/s1. The molecule has 0 saturated heterocycles. The number of sulfonamides is 1. The molecule has 7 nitrogen and oxygen atoms in total. The number of rotatable bonds is 8. The molecule has 4 N–H and O–H groups in total. The second-order valence-corrected chi connectivity index (χ2v) is 8.28. The lowest BCUT2D eigenvalue weighted by molar-refractivity contribution is -0.118. The number of thioether (sulfide) groups is 1. The Hall–Kier alpha value is -2.36. The topological polar surface area (TPSA) is 118 Å². The molecule has 2 aromatic rings. The van der Waals surface area contributed by atoms with E-state index in [1.165, 1.54) is 24.3 Å². The average molecular weight is 408 g/mol. The molecule has 0 unspecified atom stereocenters. The zero-order valence-corrected chi connectivity index (χ0v) is 16.3. The summed E-state index contributed by atoms with van der Waals surface area (Å²) in [6.45, 7) is 0. The molecule has 27 heavy (non-hydrogen) atoms. The molecule has 2 rings (SSSR count). The minimum Gasteiger partial charge on any atom is -0.340 e. The molecule has 0 aliphatic carbocycles. The monoisotopic (exact) mass is 407 g/mol. The number of benzene rings is 2. The number of nitrogens with two attached hydrogens (primary N) is 1. The quantitative estimate of drug-likeness (QED) is 0.617. The van der Waals surface area contributed by atoms with E-state index in [1.807, 2.05) is 6.26 Å². The second kappa shape index (κ2) is 9.54. The van der Waals surface area contributed by atoms with Crippen LogP contribution in [-0.2, 0) is 14.8 Å². The third kappa shape index (κ3) is 6.38. The third-order valence-corrected chi connectivity index (χ3v) is 5.29. The molecule has 0 aliphatic heterocycles. The van der Waals surface area contributed by atoms with Gasteiger partial charge in [0.15, 0.2) is 0 Å². The summed E-state index contributed by atoms with van der Waals surface area (Å²) in [7, 11) is -3.80. The van der Waals surface area contributed by atoms with Gasteiger partial charge in [-0.15, -0.1) is 0 Å². The molecular weight excluding hydrogens is 386 g/mol. The Kier molecular flexibility index (Phi) is 7.40. The van der Waals surface area contributed by atoms with Gasteiger partial charge in [-0.25, -0.2) is 13.6 Å². The highest BCUT2D eigenvalue weighted by Gasteiger charge is 2.21. The summed E-state index contributed by atoms with van der Waals surface area (Å²) in [6, 6.07) is 13.4. The minimum absolute atomic E-state index is 0.0446. The molecule has 0 aliphatic rings. The lowest BCUT2D eigenvalue weighted by Gasteiger charge is -2.18. The summed E-state index contributed by atoms with van der Waals surface area (Å²) < 4.78 is 22.6. The zero-order chi connectivity index (χ0) is 19.9. The molecule has 0 heterocycles. The van der Waals surface area contributed by atoms with Crippen molar-refractivity contribution in [3.63, 3.8) is 0 Å². The highest BCUT2D eigenvalue weighted by Crippen LogP contribution is 2.14. The van der Waals surface area contributed by atoms with Gasteiger partial charge in [0.1, 0.15) is 6.04 Å². The first-order chi connectivity index (χ1) is 12.8. The Bertz CT molecular complexity index is 885. The van der Waals surface area contributed by atoms with Gasteiger partial charge >= 0.3 is 0 Å². The third-order valence-electron chi connectivity index (χ3n) is 3.72. The first-order valence-corrected chi connectivity index (χ1v) is 11.0. The van der Waals surface area contributed by atoms with Gasteiger partial charge in [-0.1, -0.05) is 18.2 Å². The maximum Gasteiger partial charge on any atom is 0.251 e. The van der Waals surface area contributed by atoms with Crippen molar-refractivity contribution >= 4 is 39.3 Å². The van der Waals surface area contributed by atoms with Crippen molar-refractivity contribution in [1.29, 1.82) is 0 Å². The predicted octanol–water partition coefficient (Wildman–Crippen LogP) is 1.82. The van der Waals surface area contributed by atoms with Crippen LogP contribution in [0, 0.1) is 0 Å². The molecule has 0 radical (unpaired) electrons. The van der Waals surface area contributed by atoms with E-state index in [2.05, 4.69) is 10.6 Å². The molecule has 0 spiro atoms. The highest BCUT2D eigenvalue weighted by molar-refractivity contribution is 7.98.